The Morgan fingerprint density at radius 1 is 1.56 bits per heavy atom. The van der Waals surface area contributed by atoms with E-state index in [0.29, 0.717) is 6.04 Å². The van der Waals surface area contributed by atoms with E-state index >= 15 is 0 Å². The van der Waals surface area contributed by atoms with Crippen LogP contribution in [0, 0.1) is 0 Å². The van der Waals surface area contributed by atoms with E-state index in [-0.39, 0.29) is 0 Å². The molecule has 0 saturated carbocycles. The van der Waals surface area contributed by atoms with E-state index < -0.39 is 0 Å². The van der Waals surface area contributed by atoms with E-state index in [0.717, 1.165) is 25.5 Å². The van der Waals surface area contributed by atoms with Gasteiger partial charge in [0, 0.05) is 38.6 Å². The molecule has 1 aromatic rings. The molecule has 1 rings (SSSR count). The van der Waals surface area contributed by atoms with Gasteiger partial charge in [-0.1, -0.05) is 6.92 Å². The Hall–Kier alpha value is -0.870. The lowest BCUT2D eigenvalue weighted by atomic mass is 10.2. The van der Waals surface area contributed by atoms with Crippen LogP contribution in [0.25, 0.3) is 0 Å². The first kappa shape index (κ1) is 13.2. The van der Waals surface area contributed by atoms with E-state index in [1.54, 1.807) is 0 Å². The van der Waals surface area contributed by atoms with Crippen LogP contribution >= 0.6 is 0 Å². The molecule has 1 heterocycles. The minimum atomic E-state index is 0.613. The summed E-state index contributed by atoms with van der Waals surface area (Å²) in [5, 5.41) is 3.49. The summed E-state index contributed by atoms with van der Waals surface area (Å²) < 4.78 is 2.07. The van der Waals surface area contributed by atoms with Gasteiger partial charge in [-0.3, -0.25) is 4.90 Å². The highest BCUT2D eigenvalue weighted by Gasteiger charge is 2.04. The highest BCUT2D eigenvalue weighted by Crippen LogP contribution is 1.98. The molecule has 0 aliphatic heterocycles. The van der Waals surface area contributed by atoms with Crippen molar-refractivity contribution in [2.75, 3.05) is 20.1 Å². The first-order chi connectivity index (χ1) is 7.63. The number of aryl methyl sites for hydroxylation is 1. The molecule has 16 heavy (non-hydrogen) atoms. The zero-order valence-electron chi connectivity index (χ0n) is 10.9. The van der Waals surface area contributed by atoms with Crippen molar-refractivity contribution < 1.29 is 0 Å². The highest BCUT2D eigenvalue weighted by molar-refractivity contribution is 4.90. The second-order valence-electron chi connectivity index (χ2n) is 4.46. The standard InChI is InChI=1S/C12H24N4/c1-5-11(2)13-6-8-15(3)10-12-14-7-9-16(12)4/h7,9,11,13H,5-6,8,10H2,1-4H3. The Balaban J connectivity index is 2.21. The average molecular weight is 224 g/mol. The van der Waals surface area contributed by atoms with Crippen molar-refractivity contribution in [3.05, 3.63) is 18.2 Å². The normalized spacial score (nSPS) is 13.3. The maximum absolute atomic E-state index is 4.32. The smallest absolute Gasteiger partial charge is 0.122 e. The second-order valence-corrected chi connectivity index (χ2v) is 4.46. The molecule has 0 aliphatic carbocycles. The lowest BCUT2D eigenvalue weighted by Gasteiger charge is -2.18. The summed E-state index contributed by atoms with van der Waals surface area (Å²) in [5.41, 5.74) is 0. The maximum Gasteiger partial charge on any atom is 0.122 e. The topological polar surface area (TPSA) is 33.1 Å². The highest BCUT2D eigenvalue weighted by atomic mass is 15.2. The Kier molecular flexibility index (Phi) is 5.49. The Morgan fingerprint density at radius 3 is 2.88 bits per heavy atom. The molecular formula is C12H24N4. The third kappa shape index (κ3) is 4.33. The number of aromatic nitrogens is 2. The monoisotopic (exact) mass is 224 g/mol. The fourth-order valence-electron chi connectivity index (χ4n) is 1.52. The van der Waals surface area contributed by atoms with Crippen molar-refractivity contribution in [2.24, 2.45) is 7.05 Å². The Morgan fingerprint density at radius 2 is 2.31 bits per heavy atom. The third-order valence-corrected chi connectivity index (χ3v) is 2.93. The van der Waals surface area contributed by atoms with Gasteiger partial charge in [-0.2, -0.15) is 0 Å². The zero-order valence-corrected chi connectivity index (χ0v) is 10.9. The predicted octanol–water partition coefficient (Wildman–Crippen LogP) is 1.24. The van der Waals surface area contributed by atoms with Crippen LogP contribution in [0.4, 0.5) is 0 Å². The van der Waals surface area contributed by atoms with E-state index in [2.05, 4.69) is 40.7 Å². The van der Waals surface area contributed by atoms with Gasteiger partial charge in [-0.05, 0) is 20.4 Å². The molecule has 0 radical (unpaired) electrons. The van der Waals surface area contributed by atoms with Crippen LogP contribution < -0.4 is 5.32 Å². The molecule has 92 valence electrons. The summed E-state index contributed by atoms with van der Waals surface area (Å²) in [6.45, 7) is 7.42. The van der Waals surface area contributed by atoms with Gasteiger partial charge in [0.1, 0.15) is 5.82 Å². The van der Waals surface area contributed by atoms with Gasteiger partial charge in [-0.25, -0.2) is 4.98 Å². The number of likely N-dealkylation sites (N-methyl/N-ethyl adjacent to an activating group) is 1. The molecule has 0 aromatic carbocycles. The summed E-state index contributed by atoms with van der Waals surface area (Å²) in [7, 11) is 4.17. The van der Waals surface area contributed by atoms with Gasteiger partial charge in [-0.15, -0.1) is 0 Å². The number of hydrogen-bond donors (Lipinski definition) is 1. The Bertz CT molecular complexity index is 295. The van der Waals surface area contributed by atoms with Crippen molar-refractivity contribution in [3.8, 4) is 0 Å². The van der Waals surface area contributed by atoms with Crippen molar-refractivity contribution in [1.29, 1.82) is 0 Å². The first-order valence-electron chi connectivity index (χ1n) is 6.01. The van der Waals surface area contributed by atoms with E-state index in [4.69, 9.17) is 0 Å². The lowest BCUT2D eigenvalue weighted by Crippen LogP contribution is -2.34. The van der Waals surface area contributed by atoms with E-state index in [1.807, 2.05) is 19.4 Å². The number of rotatable bonds is 7. The molecular weight excluding hydrogens is 200 g/mol. The molecule has 0 fully saturated rings. The summed E-state index contributed by atoms with van der Waals surface area (Å²) in [4.78, 5) is 6.61. The molecule has 1 atom stereocenters. The van der Waals surface area contributed by atoms with Crippen LogP contribution in [-0.4, -0.2) is 40.6 Å². The number of nitrogens with one attached hydrogen (secondary N) is 1. The van der Waals surface area contributed by atoms with Gasteiger partial charge < -0.3 is 9.88 Å². The van der Waals surface area contributed by atoms with Crippen LogP contribution in [0.5, 0.6) is 0 Å². The molecule has 4 nitrogen and oxygen atoms in total. The van der Waals surface area contributed by atoms with Gasteiger partial charge in [0.25, 0.3) is 0 Å². The largest absolute Gasteiger partial charge is 0.337 e. The molecule has 1 aromatic heterocycles. The maximum atomic E-state index is 4.32. The zero-order chi connectivity index (χ0) is 12.0. The summed E-state index contributed by atoms with van der Waals surface area (Å²) >= 11 is 0. The second kappa shape index (κ2) is 6.66. The summed E-state index contributed by atoms with van der Waals surface area (Å²) in [6, 6.07) is 0.613. The van der Waals surface area contributed by atoms with Crippen LogP contribution in [0.1, 0.15) is 26.1 Å². The lowest BCUT2D eigenvalue weighted by molar-refractivity contribution is 0.307. The molecule has 1 unspecified atom stereocenters. The third-order valence-electron chi connectivity index (χ3n) is 2.93. The van der Waals surface area contributed by atoms with Crippen LogP contribution in [0.15, 0.2) is 12.4 Å². The van der Waals surface area contributed by atoms with Crippen molar-refractivity contribution in [3.63, 3.8) is 0 Å². The van der Waals surface area contributed by atoms with Crippen molar-refractivity contribution in [2.45, 2.75) is 32.9 Å². The number of imidazole rings is 1. The average Bonchev–Trinajstić information content (AvgIpc) is 2.64. The van der Waals surface area contributed by atoms with Crippen LogP contribution in [0.2, 0.25) is 0 Å². The van der Waals surface area contributed by atoms with E-state index in [1.165, 1.54) is 6.42 Å². The fourth-order valence-corrected chi connectivity index (χ4v) is 1.52. The van der Waals surface area contributed by atoms with Crippen molar-refractivity contribution in [1.82, 2.24) is 19.8 Å². The first-order valence-corrected chi connectivity index (χ1v) is 6.01. The fraction of sp³-hybridized carbons (Fsp3) is 0.750. The van der Waals surface area contributed by atoms with E-state index in [9.17, 15) is 0 Å². The number of nitrogens with zero attached hydrogens (tertiary/aromatic N) is 3. The van der Waals surface area contributed by atoms with Gasteiger partial charge >= 0.3 is 0 Å². The summed E-state index contributed by atoms with van der Waals surface area (Å²) in [5.74, 6) is 1.12. The molecule has 0 spiro atoms. The molecule has 4 heteroatoms. The minimum absolute atomic E-state index is 0.613. The van der Waals surface area contributed by atoms with Crippen LogP contribution in [-0.2, 0) is 13.6 Å². The Labute approximate surface area is 98.7 Å². The molecule has 0 aliphatic rings. The SMILES string of the molecule is CCC(C)NCCN(C)Cc1nccn1C. The van der Waals surface area contributed by atoms with Gasteiger partial charge in [0.2, 0.25) is 0 Å². The number of hydrogen-bond acceptors (Lipinski definition) is 3. The van der Waals surface area contributed by atoms with Crippen LogP contribution in [0.3, 0.4) is 0 Å². The summed E-state index contributed by atoms with van der Waals surface area (Å²) in [6.07, 6.45) is 5.02. The predicted molar refractivity (Wildman–Crippen MR) is 67.3 cm³/mol. The van der Waals surface area contributed by atoms with Gasteiger partial charge in [0.05, 0.1) is 6.54 Å². The van der Waals surface area contributed by atoms with Crippen molar-refractivity contribution >= 4 is 0 Å². The van der Waals surface area contributed by atoms with Gasteiger partial charge in [0.15, 0.2) is 0 Å². The molecule has 0 amide bonds. The molecule has 0 saturated heterocycles. The molecule has 1 N–H and O–H groups in total. The minimum Gasteiger partial charge on any atom is -0.337 e. The molecule has 0 bridgehead atoms. The quantitative estimate of drug-likeness (QED) is 0.756.